The summed E-state index contributed by atoms with van der Waals surface area (Å²) in [5.74, 6) is 0.135. The smallest absolute Gasteiger partial charge is 0.306 e. The maximum Gasteiger partial charge on any atom is 0.306 e. The first-order chi connectivity index (χ1) is 17.0. The first kappa shape index (κ1) is 24.6. The Morgan fingerprint density at radius 2 is 1.83 bits per heavy atom. The number of rotatable bonds is 6. The van der Waals surface area contributed by atoms with Crippen LogP contribution >= 0.6 is 34.3 Å². The quantitative estimate of drug-likeness (QED) is 0.336. The number of carbonyl (C=O) groups is 1. The highest BCUT2D eigenvalue weighted by molar-refractivity contribution is 7.94. The Balaban J connectivity index is 1.59. The standard InChI is InChI=1S/C23H20ClN5O4S3/c1-11-12(2)34-23-20(11)21(25-16(10-18(30)31)22-27-26-13(3)29(22)23)14-4-6-15(7-5-14)28-36(32,33)19-9-8-17(24)35-19/h4-9,16,28H,10H2,1-3H3,(H,30,31)/t16-/m0/s1. The van der Waals surface area contributed by atoms with Gasteiger partial charge in [-0.2, -0.15) is 0 Å². The molecule has 1 atom stereocenters. The normalized spacial score (nSPS) is 15.1. The minimum Gasteiger partial charge on any atom is -0.481 e. The summed E-state index contributed by atoms with van der Waals surface area (Å²) in [6.07, 6.45) is -0.240. The van der Waals surface area contributed by atoms with Crippen LogP contribution in [0, 0.1) is 20.8 Å². The number of carboxylic acids is 1. The average Bonchev–Trinajstić information content (AvgIpc) is 3.47. The molecule has 2 N–H and O–H groups in total. The van der Waals surface area contributed by atoms with Gasteiger partial charge in [0.1, 0.15) is 21.1 Å². The van der Waals surface area contributed by atoms with Crippen molar-refractivity contribution < 1.29 is 18.3 Å². The second-order valence-electron chi connectivity index (χ2n) is 8.24. The number of sulfonamides is 1. The lowest BCUT2D eigenvalue weighted by Crippen LogP contribution is -2.12. The van der Waals surface area contributed by atoms with Crippen LogP contribution in [0.5, 0.6) is 0 Å². The predicted octanol–water partition coefficient (Wildman–Crippen LogP) is 5.14. The Labute approximate surface area is 220 Å². The topological polar surface area (TPSA) is 127 Å². The predicted molar refractivity (Wildman–Crippen MR) is 141 cm³/mol. The van der Waals surface area contributed by atoms with E-state index in [1.807, 2.05) is 25.3 Å². The number of benzene rings is 1. The van der Waals surface area contributed by atoms with Crippen LogP contribution in [0.4, 0.5) is 5.69 Å². The van der Waals surface area contributed by atoms with Gasteiger partial charge in [0.25, 0.3) is 10.0 Å². The summed E-state index contributed by atoms with van der Waals surface area (Å²) < 4.78 is 30.3. The van der Waals surface area contributed by atoms with E-state index in [2.05, 4.69) is 14.9 Å². The fourth-order valence-corrected chi connectivity index (χ4v) is 7.79. The lowest BCUT2D eigenvalue weighted by molar-refractivity contribution is -0.137. The van der Waals surface area contributed by atoms with Gasteiger partial charge in [-0.3, -0.25) is 19.1 Å². The number of hydrogen-bond donors (Lipinski definition) is 2. The molecule has 0 spiro atoms. The highest BCUT2D eigenvalue weighted by Gasteiger charge is 2.32. The van der Waals surface area contributed by atoms with E-state index < -0.39 is 22.0 Å². The SMILES string of the molecule is Cc1sc2c(c1C)C(c1ccc(NS(=O)(=O)c3ccc(Cl)s3)cc1)=N[C@@H](CC(=O)O)c1nnc(C)n1-2. The van der Waals surface area contributed by atoms with Gasteiger partial charge in [-0.1, -0.05) is 23.7 Å². The van der Waals surface area contributed by atoms with Gasteiger partial charge in [0.05, 0.1) is 16.5 Å². The maximum absolute atomic E-state index is 12.7. The van der Waals surface area contributed by atoms with Crippen LogP contribution in [0.2, 0.25) is 4.34 Å². The van der Waals surface area contributed by atoms with Gasteiger partial charge < -0.3 is 5.11 Å². The van der Waals surface area contributed by atoms with Gasteiger partial charge >= 0.3 is 5.97 Å². The number of thiophene rings is 2. The van der Waals surface area contributed by atoms with E-state index in [-0.39, 0.29) is 10.6 Å². The van der Waals surface area contributed by atoms with Crippen molar-refractivity contribution >= 4 is 61.7 Å². The van der Waals surface area contributed by atoms with Crippen molar-refractivity contribution in [3.63, 3.8) is 0 Å². The van der Waals surface area contributed by atoms with Crippen LogP contribution < -0.4 is 4.72 Å². The maximum atomic E-state index is 12.7. The van der Waals surface area contributed by atoms with E-state index in [9.17, 15) is 18.3 Å². The van der Waals surface area contributed by atoms with E-state index in [0.717, 1.165) is 37.9 Å². The van der Waals surface area contributed by atoms with Gasteiger partial charge in [-0.25, -0.2) is 8.42 Å². The molecule has 1 aromatic carbocycles. The molecular formula is C23H20ClN5O4S3. The zero-order chi connectivity index (χ0) is 25.8. The summed E-state index contributed by atoms with van der Waals surface area (Å²) in [7, 11) is -3.77. The second kappa shape index (κ2) is 9.11. The number of nitrogens with zero attached hydrogens (tertiary/aromatic N) is 4. The van der Waals surface area contributed by atoms with Crippen LogP contribution in [0.1, 0.15) is 45.7 Å². The summed E-state index contributed by atoms with van der Waals surface area (Å²) in [5.41, 5.74) is 3.65. The highest BCUT2D eigenvalue weighted by Crippen LogP contribution is 2.39. The number of hydrogen-bond acceptors (Lipinski definition) is 8. The molecule has 0 unspecified atom stereocenters. The Morgan fingerprint density at radius 3 is 2.47 bits per heavy atom. The molecule has 0 fully saturated rings. The molecule has 13 heteroatoms. The van der Waals surface area contributed by atoms with Gasteiger partial charge in [0.15, 0.2) is 5.82 Å². The third kappa shape index (κ3) is 4.34. The first-order valence-electron chi connectivity index (χ1n) is 10.8. The number of aromatic nitrogens is 3. The van der Waals surface area contributed by atoms with Crippen molar-refractivity contribution in [1.82, 2.24) is 14.8 Å². The van der Waals surface area contributed by atoms with E-state index in [0.29, 0.717) is 27.4 Å². The van der Waals surface area contributed by atoms with E-state index >= 15 is 0 Å². The number of aliphatic imine (C=N–C) groups is 1. The zero-order valence-electron chi connectivity index (χ0n) is 19.3. The number of anilines is 1. The molecule has 4 aromatic rings. The molecule has 9 nitrogen and oxygen atoms in total. The third-order valence-corrected chi connectivity index (χ3v) is 10.1. The molecule has 186 valence electrons. The Hall–Kier alpha value is -3.06. The van der Waals surface area contributed by atoms with Gasteiger partial charge in [-0.15, -0.1) is 32.9 Å². The monoisotopic (exact) mass is 561 g/mol. The molecular weight excluding hydrogens is 542 g/mol. The summed E-state index contributed by atoms with van der Waals surface area (Å²) in [5, 5.41) is 18.9. The number of halogens is 1. The molecule has 5 rings (SSSR count). The number of fused-ring (bicyclic) bond motifs is 3. The largest absolute Gasteiger partial charge is 0.481 e. The lowest BCUT2D eigenvalue weighted by atomic mass is 9.99. The fourth-order valence-electron chi connectivity index (χ4n) is 4.03. The van der Waals surface area contributed by atoms with Crippen LogP contribution in [0.15, 0.2) is 45.6 Å². The van der Waals surface area contributed by atoms with Crippen LogP contribution in [0.25, 0.3) is 5.00 Å². The Morgan fingerprint density at radius 1 is 1.11 bits per heavy atom. The van der Waals surface area contributed by atoms with Crippen molar-refractivity contribution in [2.75, 3.05) is 4.72 Å². The van der Waals surface area contributed by atoms with Gasteiger partial charge in [0.2, 0.25) is 0 Å². The fraction of sp³-hybridized carbons (Fsp3) is 0.217. The minimum absolute atomic E-state index is 0.119. The molecule has 4 heterocycles. The minimum atomic E-state index is -3.77. The van der Waals surface area contributed by atoms with E-state index in [1.54, 1.807) is 35.6 Å². The molecule has 0 bridgehead atoms. The van der Waals surface area contributed by atoms with Gasteiger partial charge in [0, 0.05) is 21.7 Å². The third-order valence-electron chi connectivity index (χ3n) is 5.83. The molecule has 3 aromatic heterocycles. The summed E-state index contributed by atoms with van der Waals surface area (Å²) >= 11 is 8.44. The molecule has 0 aliphatic carbocycles. The molecule has 0 amide bonds. The number of aryl methyl sites for hydroxylation is 2. The van der Waals surface area contributed by atoms with Crippen molar-refractivity contribution in [3.05, 3.63) is 74.0 Å². The summed E-state index contributed by atoms with van der Waals surface area (Å²) in [4.78, 5) is 17.6. The van der Waals surface area contributed by atoms with Crippen molar-refractivity contribution in [3.8, 4) is 5.00 Å². The average molecular weight is 562 g/mol. The number of aliphatic carboxylic acids is 1. The highest BCUT2D eigenvalue weighted by atomic mass is 35.5. The van der Waals surface area contributed by atoms with E-state index in [4.69, 9.17) is 16.6 Å². The molecule has 1 aliphatic heterocycles. The molecule has 36 heavy (non-hydrogen) atoms. The molecule has 0 saturated carbocycles. The first-order valence-corrected chi connectivity index (χ1v) is 14.3. The summed E-state index contributed by atoms with van der Waals surface area (Å²) in [6, 6.07) is 9.10. The number of nitrogens with one attached hydrogen (secondary N) is 1. The van der Waals surface area contributed by atoms with Crippen molar-refractivity contribution in [1.29, 1.82) is 0 Å². The summed E-state index contributed by atoms with van der Waals surface area (Å²) in [6.45, 7) is 5.86. The molecule has 0 saturated heterocycles. The lowest BCUT2D eigenvalue weighted by Gasteiger charge is -2.12. The Kier molecular flexibility index (Phi) is 6.23. The van der Waals surface area contributed by atoms with Gasteiger partial charge in [-0.05, 0) is 50.6 Å². The van der Waals surface area contributed by atoms with E-state index in [1.165, 1.54) is 12.1 Å². The van der Waals surface area contributed by atoms with Crippen LogP contribution in [0.3, 0.4) is 0 Å². The van der Waals surface area contributed by atoms with Crippen molar-refractivity contribution in [2.24, 2.45) is 4.99 Å². The molecule has 1 aliphatic rings. The van der Waals surface area contributed by atoms with Crippen LogP contribution in [-0.4, -0.2) is 40.0 Å². The second-order valence-corrected chi connectivity index (χ2v) is 13.1. The van der Waals surface area contributed by atoms with Crippen LogP contribution in [-0.2, 0) is 14.8 Å². The Bertz CT molecular complexity index is 1630. The van der Waals surface area contributed by atoms with Crippen molar-refractivity contribution in [2.45, 2.75) is 37.4 Å². The molecule has 0 radical (unpaired) electrons. The number of carboxylic acid groups (broad SMARTS) is 1. The zero-order valence-corrected chi connectivity index (χ0v) is 22.5.